The van der Waals surface area contributed by atoms with Crippen molar-refractivity contribution in [2.75, 3.05) is 0 Å². The Kier molecular flexibility index (Phi) is 2.32. The van der Waals surface area contributed by atoms with Gasteiger partial charge in [0.05, 0.1) is 5.39 Å². The molecule has 0 saturated carbocycles. The number of rotatable bonds is 0. The third kappa shape index (κ3) is 1.48. The normalized spacial score (nSPS) is 16.1. The van der Waals surface area contributed by atoms with Gasteiger partial charge in [0.1, 0.15) is 10.7 Å². The Bertz CT molecular complexity index is 597. The van der Waals surface area contributed by atoms with Gasteiger partial charge in [-0.3, -0.25) is 9.36 Å². The molecule has 0 unspecified atom stereocenters. The van der Waals surface area contributed by atoms with Crippen molar-refractivity contribution in [3.05, 3.63) is 27.1 Å². The average Bonchev–Trinajstić information content (AvgIpc) is 2.48. The third-order valence-corrected chi connectivity index (χ3v) is 4.08. The molecule has 0 saturated heterocycles. The van der Waals surface area contributed by atoms with E-state index in [1.807, 2.05) is 17.6 Å². The molecule has 3 nitrogen and oxygen atoms in total. The fraction of sp³-hybridized carbons (Fsp3) is 0.500. The lowest BCUT2D eigenvalue weighted by Gasteiger charge is -2.07. The first kappa shape index (κ1) is 10.0. The second kappa shape index (κ2) is 3.70. The van der Waals surface area contributed by atoms with Gasteiger partial charge in [-0.25, -0.2) is 4.98 Å². The average molecular weight is 234 g/mol. The summed E-state index contributed by atoms with van der Waals surface area (Å²) in [7, 11) is 0. The van der Waals surface area contributed by atoms with Crippen molar-refractivity contribution in [1.29, 1.82) is 0 Å². The highest BCUT2D eigenvalue weighted by atomic mass is 32.1. The second-order valence-corrected chi connectivity index (χ2v) is 5.61. The van der Waals surface area contributed by atoms with Gasteiger partial charge in [-0.2, -0.15) is 0 Å². The van der Waals surface area contributed by atoms with E-state index in [9.17, 15) is 4.79 Å². The zero-order valence-corrected chi connectivity index (χ0v) is 10.1. The maximum Gasteiger partial charge on any atom is 0.262 e. The predicted molar refractivity (Wildman–Crippen MR) is 66.2 cm³/mol. The van der Waals surface area contributed by atoms with Crippen molar-refractivity contribution in [2.45, 2.75) is 39.2 Å². The van der Waals surface area contributed by atoms with E-state index in [2.05, 4.69) is 4.98 Å². The van der Waals surface area contributed by atoms with Gasteiger partial charge in [-0.15, -0.1) is 11.3 Å². The largest absolute Gasteiger partial charge is 0.296 e. The summed E-state index contributed by atoms with van der Waals surface area (Å²) in [4.78, 5) is 19.0. The van der Waals surface area contributed by atoms with Crippen LogP contribution in [0.2, 0.25) is 0 Å². The lowest BCUT2D eigenvalue weighted by Crippen LogP contribution is -2.23. The van der Waals surface area contributed by atoms with E-state index in [1.54, 1.807) is 11.3 Å². The molecule has 0 fully saturated rings. The summed E-state index contributed by atoms with van der Waals surface area (Å²) >= 11 is 1.62. The molecule has 3 heterocycles. The molecule has 0 aliphatic carbocycles. The van der Waals surface area contributed by atoms with E-state index >= 15 is 0 Å². The lowest BCUT2D eigenvalue weighted by atomic mass is 10.2. The predicted octanol–water partition coefficient (Wildman–Crippen LogP) is 2.49. The molecule has 0 radical (unpaired) electrons. The van der Waals surface area contributed by atoms with Gasteiger partial charge in [0, 0.05) is 17.8 Å². The van der Waals surface area contributed by atoms with Crippen molar-refractivity contribution >= 4 is 21.6 Å². The Labute approximate surface area is 97.7 Å². The van der Waals surface area contributed by atoms with E-state index < -0.39 is 0 Å². The van der Waals surface area contributed by atoms with Crippen LogP contribution in [0.1, 0.15) is 30.0 Å². The molecule has 16 heavy (non-hydrogen) atoms. The van der Waals surface area contributed by atoms with Crippen LogP contribution in [0.5, 0.6) is 0 Å². The zero-order chi connectivity index (χ0) is 11.1. The number of hydrogen-bond donors (Lipinski definition) is 0. The van der Waals surface area contributed by atoms with Crippen LogP contribution in [-0.2, 0) is 13.0 Å². The zero-order valence-electron chi connectivity index (χ0n) is 9.32. The van der Waals surface area contributed by atoms with Crippen LogP contribution in [0.3, 0.4) is 0 Å². The number of aromatic nitrogens is 2. The van der Waals surface area contributed by atoms with Crippen LogP contribution >= 0.6 is 11.3 Å². The highest BCUT2D eigenvalue weighted by Crippen LogP contribution is 2.22. The van der Waals surface area contributed by atoms with Crippen molar-refractivity contribution in [1.82, 2.24) is 9.55 Å². The van der Waals surface area contributed by atoms with Gasteiger partial charge in [-0.1, -0.05) is 6.42 Å². The Morgan fingerprint density at radius 3 is 3.12 bits per heavy atom. The Morgan fingerprint density at radius 1 is 1.38 bits per heavy atom. The van der Waals surface area contributed by atoms with Gasteiger partial charge in [-0.05, 0) is 25.8 Å². The molecule has 4 heteroatoms. The smallest absolute Gasteiger partial charge is 0.262 e. The SMILES string of the molecule is Cc1cc2c(=O)n3c(nc2s1)CCCCC3. The molecule has 0 N–H and O–H groups in total. The summed E-state index contributed by atoms with van der Waals surface area (Å²) in [6.07, 6.45) is 4.41. The first-order chi connectivity index (χ1) is 7.75. The summed E-state index contributed by atoms with van der Waals surface area (Å²) in [5.74, 6) is 0.983. The fourth-order valence-electron chi connectivity index (χ4n) is 2.33. The van der Waals surface area contributed by atoms with Crippen molar-refractivity contribution in [2.24, 2.45) is 0 Å². The maximum absolute atomic E-state index is 12.3. The molecule has 0 amide bonds. The van der Waals surface area contributed by atoms with E-state index in [4.69, 9.17) is 0 Å². The molecule has 1 aliphatic rings. The van der Waals surface area contributed by atoms with Crippen molar-refractivity contribution < 1.29 is 0 Å². The van der Waals surface area contributed by atoms with E-state index in [0.717, 1.165) is 41.8 Å². The molecule has 0 spiro atoms. The van der Waals surface area contributed by atoms with Gasteiger partial charge in [0.25, 0.3) is 5.56 Å². The first-order valence-corrected chi connectivity index (χ1v) is 6.57. The minimum Gasteiger partial charge on any atom is -0.296 e. The number of hydrogen-bond acceptors (Lipinski definition) is 3. The minimum atomic E-state index is 0.159. The third-order valence-electron chi connectivity index (χ3n) is 3.14. The van der Waals surface area contributed by atoms with Crippen LogP contribution in [0.25, 0.3) is 10.2 Å². The van der Waals surface area contributed by atoms with Crippen LogP contribution in [0.4, 0.5) is 0 Å². The summed E-state index contributed by atoms with van der Waals surface area (Å²) in [6, 6.07) is 1.97. The van der Waals surface area contributed by atoms with Gasteiger partial charge in [0.2, 0.25) is 0 Å². The molecular formula is C12H14N2OS. The van der Waals surface area contributed by atoms with Crippen molar-refractivity contribution in [3.8, 4) is 0 Å². The molecule has 2 aromatic rings. The molecule has 1 aliphatic heterocycles. The van der Waals surface area contributed by atoms with Crippen LogP contribution < -0.4 is 5.56 Å². The molecule has 0 atom stereocenters. The summed E-state index contributed by atoms with van der Waals surface area (Å²) in [5.41, 5.74) is 0.159. The molecule has 0 aromatic carbocycles. The molecule has 2 aromatic heterocycles. The standard InChI is InChI=1S/C12H14N2OS/c1-8-7-9-11(16-8)13-10-5-3-2-4-6-14(10)12(9)15/h7H,2-6H2,1H3. The highest BCUT2D eigenvalue weighted by molar-refractivity contribution is 7.18. The van der Waals surface area contributed by atoms with Crippen LogP contribution in [0, 0.1) is 6.92 Å². The van der Waals surface area contributed by atoms with Crippen LogP contribution in [-0.4, -0.2) is 9.55 Å². The number of aryl methyl sites for hydroxylation is 2. The van der Waals surface area contributed by atoms with Gasteiger partial charge in [0.15, 0.2) is 0 Å². The van der Waals surface area contributed by atoms with E-state index in [-0.39, 0.29) is 5.56 Å². The Balaban J connectivity index is 2.33. The fourth-order valence-corrected chi connectivity index (χ4v) is 3.22. The topological polar surface area (TPSA) is 34.9 Å². The monoisotopic (exact) mass is 234 g/mol. The van der Waals surface area contributed by atoms with Gasteiger partial charge < -0.3 is 0 Å². The second-order valence-electron chi connectivity index (χ2n) is 4.37. The molecule has 84 valence electrons. The van der Waals surface area contributed by atoms with Crippen LogP contribution in [0.15, 0.2) is 10.9 Å². The molecular weight excluding hydrogens is 220 g/mol. The highest BCUT2D eigenvalue weighted by Gasteiger charge is 2.14. The van der Waals surface area contributed by atoms with Crippen molar-refractivity contribution in [3.63, 3.8) is 0 Å². The Morgan fingerprint density at radius 2 is 2.25 bits per heavy atom. The molecule has 3 rings (SSSR count). The van der Waals surface area contributed by atoms with E-state index in [0.29, 0.717) is 0 Å². The maximum atomic E-state index is 12.3. The summed E-state index contributed by atoms with van der Waals surface area (Å²) in [6.45, 7) is 2.87. The quantitative estimate of drug-likeness (QED) is 0.702. The lowest BCUT2D eigenvalue weighted by molar-refractivity contribution is 0.614. The number of fused-ring (bicyclic) bond motifs is 2. The number of nitrogens with zero attached hydrogens (tertiary/aromatic N) is 2. The minimum absolute atomic E-state index is 0.159. The first-order valence-electron chi connectivity index (χ1n) is 5.75. The summed E-state index contributed by atoms with van der Waals surface area (Å²) in [5, 5.41) is 0.799. The number of thiophene rings is 1. The van der Waals surface area contributed by atoms with Gasteiger partial charge >= 0.3 is 0 Å². The molecule has 0 bridgehead atoms. The van der Waals surface area contributed by atoms with E-state index in [1.165, 1.54) is 11.3 Å². The summed E-state index contributed by atoms with van der Waals surface area (Å²) < 4.78 is 1.88. The Hall–Kier alpha value is -1.16.